The van der Waals surface area contributed by atoms with Gasteiger partial charge in [0.1, 0.15) is 5.69 Å². The monoisotopic (exact) mass is 213 g/mol. The first-order chi connectivity index (χ1) is 7.77. The number of hydrogen-bond acceptors (Lipinski definition) is 3. The molecule has 0 aliphatic rings. The van der Waals surface area contributed by atoms with Gasteiger partial charge >= 0.3 is 0 Å². The van der Waals surface area contributed by atoms with E-state index in [1.807, 2.05) is 18.3 Å². The molecule has 0 spiro atoms. The number of fused-ring (bicyclic) bond motifs is 1. The van der Waals surface area contributed by atoms with Gasteiger partial charge in [-0.25, -0.2) is 0 Å². The van der Waals surface area contributed by atoms with Crippen molar-refractivity contribution in [2.75, 3.05) is 5.73 Å². The fourth-order valence-corrected chi connectivity index (χ4v) is 1.95. The van der Waals surface area contributed by atoms with Crippen molar-refractivity contribution >= 4 is 16.6 Å². The molecule has 0 saturated carbocycles. The number of H-pyrrole nitrogens is 1. The van der Waals surface area contributed by atoms with Crippen LogP contribution in [0.2, 0.25) is 0 Å². The predicted molar refractivity (Wildman–Crippen MR) is 62.9 cm³/mol. The lowest BCUT2D eigenvalue weighted by molar-refractivity contribution is 0.433. The van der Waals surface area contributed by atoms with Gasteiger partial charge in [-0.2, -0.15) is 0 Å². The number of nitrogens with zero attached hydrogens (tertiary/aromatic N) is 1. The van der Waals surface area contributed by atoms with Crippen molar-refractivity contribution in [3.8, 4) is 11.3 Å². The van der Waals surface area contributed by atoms with E-state index in [2.05, 4.69) is 23.1 Å². The number of nitrogen functional groups attached to an aromatic ring is 1. The number of nitrogens with one attached hydrogen (secondary N) is 1. The largest absolute Gasteiger partial charge is 0.394 e. The highest BCUT2D eigenvalue weighted by Crippen LogP contribution is 2.33. The lowest BCUT2D eigenvalue weighted by Crippen LogP contribution is -1.83. The summed E-state index contributed by atoms with van der Waals surface area (Å²) in [6.07, 6.45) is 3.42. The number of rotatable bonds is 1. The Balaban J connectivity index is 2.34. The first-order valence-corrected chi connectivity index (χ1v) is 5.04. The minimum absolute atomic E-state index is 0.558. The Hall–Kier alpha value is -2.23. The molecule has 0 aliphatic carbocycles. The Bertz CT molecular complexity index is 651. The summed E-state index contributed by atoms with van der Waals surface area (Å²) >= 11 is 0. The zero-order valence-corrected chi connectivity index (χ0v) is 8.82. The number of hydrogen-bond donors (Lipinski definition) is 2. The van der Waals surface area contributed by atoms with E-state index in [1.54, 1.807) is 0 Å². The van der Waals surface area contributed by atoms with Crippen molar-refractivity contribution in [2.45, 2.75) is 6.92 Å². The molecule has 0 amide bonds. The molecular weight excluding hydrogens is 202 g/mol. The van der Waals surface area contributed by atoms with E-state index in [0.29, 0.717) is 11.4 Å². The summed E-state index contributed by atoms with van der Waals surface area (Å²) in [5, 5.41) is 4.79. The molecule has 0 fully saturated rings. The van der Waals surface area contributed by atoms with Gasteiger partial charge in [0.15, 0.2) is 5.76 Å². The van der Waals surface area contributed by atoms with Crippen molar-refractivity contribution < 1.29 is 4.52 Å². The van der Waals surface area contributed by atoms with Crippen LogP contribution in [0, 0.1) is 6.92 Å². The van der Waals surface area contributed by atoms with Crippen LogP contribution in [0.4, 0.5) is 5.69 Å². The minimum Gasteiger partial charge on any atom is -0.394 e. The van der Waals surface area contributed by atoms with Gasteiger partial charge in [-0.05, 0) is 12.5 Å². The third-order valence-electron chi connectivity index (χ3n) is 2.77. The van der Waals surface area contributed by atoms with Crippen LogP contribution in [0.1, 0.15) is 5.56 Å². The zero-order chi connectivity index (χ0) is 11.1. The van der Waals surface area contributed by atoms with Crippen LogP contribution in [-0.4, -0.2) is 10.1 Å². The smallest absolute Gasteiger partial charge is 0.191 e. The summed E-state index contributed by atoms with van der Waals surface area (Å²) in [4.78, 5) is 3.23. The van der Waals surface area contributed by atoms with Crippen molar-refractivity contribution in [1.82, 2.24) is 10.1 Å². The van der Waals surface area contributed by atoms with E-state index in [1.165, 1.54) is 11.8 Å². The molecule has 0 radical (unpaired) electrons. The highest BCUT2D eigenvalue weighted by atomic mass is 16.5. The van der Waals surface area contributed by atoms with Gasteiger partial charge < -0.3 is 15.2 Å². The van der Waals surface area contributed by atoms with Gasteiger partial charge in [0.25, 0.3) is 0 Å². The fourth-order valence-electron chi connectivity index (χ4n) is 1.95. The molecule has 4 heteroatoms. The van der Waals surface area contributed by atoms with Crippen LogP contribution in [0.3, 0.4) is 0 Å². The normalized spacial score (nSPS) is 11.1. The van der Waals surface area contributed by atoms with Gasteiger partial charge in [0, 0.05) is 22.7 Å². The Morgan fingerprint density at radius 2 is 2.25 bits per heavy atom. The summed E-state index contributed by atoms with van der Waals surface area (Å²) in [6.45, 7) is 2.06. The topological polar surface area (TPSA) is 67.8 Å². The Morgan fingerprint density at radius 1 is 1.38 bits per heavy atom. The van der Waals surface area contributed by atoms with Crippen molar-refractivity contribution in [3.05, 3.63) is 36.2 Å². The molecule has 80 valence electrons. The minimum atomic E-state index is 0.558. The maximum atomic E-state index is 5.79. The Kier molecular flexibility index (Phi) is 1.77. The highest BCUT2D eigenvalue weighted by Gasteiger charge is 2.13. The van der Waals surface area contributed by atoms with Crippen LogP contribution in [-0.2, 0) is 0 Å². The highest BCUT2D eigenvalue weighted by molar-refractivity contribution is 5.97. The third-order valence-corrected chi connectivity index (χ3v) is 2.77. The average Bonchev–Trinajstić information content (AvgIpc) is 2.84. The predicted octanol–water partition coefficient (Wildman–Crippen LogP) is 2.71. The molecule has 2 heterocycles. The second kappa shape index (κ2) is 3.13. The van der Waals surface area contributed by atoms with Crippen LogP contribution in [0.5, 0.6) is 0 Å². The van der Waals surface area contributed by atoms with Gasteiger partial charge in [0.2, 0.25) is 0 Å². The third kappa shape index (κ3) is 1.13. The van der Waals surface area contributed by atoms with E-state index in [-0.39, 0.29) is 0 Å². The molecule has 16 heavy (non-hydrogen) atoms. The van der Waals surface area contributed by atoms with E-state index >= 15 is 0 Å². The molecule has 0 aliphatic heterocycles. The number of nitrogens with two attached hydrogens (primary N) is 1. The first kappa shape index (κ1) is 9.03. The van der Waals surface area contributed by atoms with Crippen LogP contribution in [0.25, 0.3) is 22.2 Å². The molecule has 2 aromatic heterocycles. The van der Waals surface area contributed by atoms with Gasteiger partial charge in [-0.15, -0.1) is 0 Å². The van der Waals surface area contributed by atoms with Gasteiger partial charge in [-0.3, -0.25) is 0 Å². The lowest BCUT2D eigenvalue weighted by atomic mass is 10.1. The molecule has 1 aromatic carbocycles. The lowest BCUT2D eigenvalue weighted by Gasteiger charge is -1.97. The first-order valence-electron chi connectivity index (χ1n) is 5.04. The van der Waals surface area contributed by atoms with Crippen LogP contribution >= 0.6 is 0 Å². The second-order valence-corrected chi connectivity index (χ2v) is 3.81. The van der Waals surface area contributed by atoms with E-state index in [0.717, 1.165) is 16.5 Å². The number of benzene rings is 1. The second-order valence-electron chi connectivity index (χ2n) is 3.81. The summed E-state index contributed by atoms with van der Waals surface area (Å²) in [5.74, 6) is 0.622. The number of anilines is 1. The molecule has 0 atom stereocenters. The quantitative estimate of drug-likeness (QED) is 0.653. The summed E-state index contributed by atoms with van der Waals surface area (Å²) in [5.41, 5.74) is 9.60. The fraction of sp³-hybridized carbons (Fsp3) is 0.0833. The Labute approximate surface area is 92.0 Å². The average molecular weight is 213 g/mol. The molecule has 0 saturated heterocycles. The maximum absolute atomic E-state index is 5.79. The number of para-hydroxylation sites is 1. The van der Waals surface area contributed by atoms with E-state index < -0.39 is 0 Å². The van der Waals surface area contributed by atoms with E-state index in [4.69, 9.17) is 10.3 Å². The summed E-state index contributed by atoms with van der Waals surface area (Å²) in [6, 6.07) is 6.12. The van der Waals surface area contributed by atoms with Crippen molar-refractivity contribution in [3.63, 3.8) is 0 Å². The van der Waals surface area contributed by atoms with Crippen LogP contribution in [0.15, 0.2) is 35.1 Å². The maximum Gasteiger partial charge on any atom is 0.191 e. The number of aryl methyl sites for hydroxylation is 1. The van der Waals surface area contributed by atoms with Crippen molar-refractivity contribution in [2.24, 2.45) is 0 Å². The van der Waals surface area contributed by atoms with Gasteiger partial charge in [0.05, 0.1) is 6.20 Å². The molecule has 0 unspecified atom stereocenters. The summed E-state index contributed by atoms with van der Waals surface area (Å²) in [7, 11) is 0. The van der Waals surface area contributed by atoms with Gasteiger partial charge in [-0.1, -0.05) is 23.4 Å². The molecular formula is C12H11N3O. The number of aromatic nitrogens is 2. The molecule has 3 N–H and O–H groups in total. The molecule has 4 nitrogen and oxygen atoms in total. The van der Waals surface area contributed by atoms with E-state index in [9.17, 15) is 0 Å². The zero-order valence-electron chi connectivity index (χ0n) is 8.82. The Morgan fingerprint density at radius 3 is 3.00 bits per heavy atom. The SMILES string of the molecule is Cc1cccc2c(-c3oncc3N)c[nH]c12. The molecule has 3 aromatic rings. The number of aromatic amines is 1. The standard InChI is InChI=1S/C12H11N3O/c1-7-3-2-4-8-9(5-14-11(7)8)12-10(13)6-15-16-12/h2-6,14H,13H2,1H3. The molecule has 3 rings (SSSR count). The van der Waals surface area contributed by atoms with Crippen molar-refractivity contribution in [1.29, 1.82) is 0 Å². The molecule has 0 bridgehead atoms. The summed E-state index contributed by atoms with van der Waals surface area (Å²) < 4.78 is 5.16. The van der Waals surface area contributed by atoms with Crippen LogP contribution < -0.4 is 5.73 Å².